The number of hydrogen-bond acceptors (Lipinski definition) is 2. The van der Waals surface area contributed by atoms with Crippen molar-refractivity contribution in [3.63, 3.8) is 0 Å². The van der Waals surface area contributed by atoms with Gasteiger partial charge in [0.2, 0.25) is 0 Å². The summed E-state index contributed by atoms with van der Waals surface area (Å²) in [6.07, 6.45) is 5.61. The fraction of sp³-hybridized carbons (Fsp3) is 0.684. The monoisotopic (exact) mass is 291 g/mol. The molecule has 0 saturated heterocycles. The van der Waals surface area contributed by atoms with Crippen molar-refractivity contribution < 1.29 is 4.74 Å². The Kier molecular flexibility index (Phi) is 7.81. The molecule has 0 radical (unpaired) electrons. The summed E-state index contributed by atoms with van der Waals surface area (Å²) < 4.78 is 6.06. The van der Waals surface area contributed by atoms with E-state index in [4.69, 9.17) is 10.5 Å². The Balaban J connectivity index is 2.70. The van der Waals surface area contributed by atoms with E-state index in [9.17, 15) is 0 Å². The Morgan fingerprint density at radius 3 is 2.48 bits per heavy atom. The number of rotatable bonds is 9. The molecule has 1 atom stereocenters. The molecule has 0 aliphatic rings. The van der Waals surface area contributed by atoms with Gasteiger partial charge in [-0.2, -0.15) is 0 Å². The number of hydrogen-bond donors (Lipinski definition) is 1. The van der Waals surface area contributed by atoms with Crippen LogP contribution >= 0.6 is 0 Å². The Morgan fingerprint density at radius 2 is 1.86 bits per heavy atom. The molecule has 0 heterocycles. The van der Waals surface area contributed by atoms with E-state index in [0.29, 0.717) is 12.0 Å². The van der Waals surface area contributed by atoms with Gasteiger partial charge in [-0.25, -0.2) is 0 Å². The number of aryl methyl sites for hydroxylation is 3. The molecule has 0 aromatic heterocycles. The molecule has 2 heteroatoms. The SMILES string of the molecule is CCCC(N)CCCc1cc(C)cc(C)c1OCC(C)C. The predicted molar refractivity (Wildman–Crippen MR) is 92.1 cm³/mol. The van der Waals surface area contributed by atoms with Crippen molar-refractivity contribution >= 4 is 0 Å². The highest BCUT2D eigenvalue weighted by Gasteiger charge is 2.10. The lowest BCUT2D eigenvalue weighted by Crippen LogP contribution is -2.19. The van der Waals surface area contributed by atoms with Crippen molar-refractivity contribution in [2.75, 3.05) is 6.61 Å². The van der Waals surface area contributed by atoms with E-state index in [-0.39, 0.29) is 0 Å². The lowest BCUT2D eigenvalue weighted by molar-refractivity contribution is 0.266. The molecule has 2 N–H and O–H groups in total. The van der Waals surface area contributed by atoms with Crippen molar-refractivity contribution in [1.82, 2.24) is 0 Å². The van der Waals surface area contributed by atoms with Crippen LogP contribution in [0.5, 0.6) is 5.75 Å². The Hall–Kier alpha value is -1.02. The fourth-order valence-corrected chi connectivity index (χ4v) is 2.75. The van der Waals surface area contributed by atoms with Gasteiger partial charge in [-0.05, 0) is 56.6 Å². The topological polar surface area (TPSA) is 35.2 Å². The zero-order valence-electron chi connectivity index (χ0n) is 14.5. The quantitative estimate of drug-likeness (QED) is 0.710. The molecular formula is C19H33NO. The highest BCUT2D eigenvalue weighted by atomic mass is 16.5. The highest BCUT2D eigenvalue weighted by molar-refractivity contribution is 5.44. The van der Waals surface area contributed by atoms with Gasteiger partial charge in [0.05, 0.1) is 6.61 Å². The van der Waals surface area contributed by atoms with E-state index < -0.39 is 0 Å². The Morgan fingerprint density at radius 1 is 1.14 bits per heavy atom. The first-order valence-corrected chi connectivity index (χ1v) is 8.42. The van der Waals surface area contributed by atoms with E-state index in [1.165, 1.54) is 23.1 Å². The normalized spacial score (nSPS) is 12.7. The fourth-order valence-electron chi connectivity index (χ4n) is 2.75. The van der Waals surface area contributed by atoms with Gasteiger partial charge < -0.3 is 10.5 Å². The van der Waals surface area contributed by atoms with E-state index in [1.807, 2.05) is 0 Å². The average Bonchev–Trinajstić information content (AvgIpc) is 2.37. The first-order chi connectivity index (χ1) is 9.93. The van der Waals surface area contributed by atoms with E-state index >= 15 is 0 Å². The van der Waals surface area contributed by atoms with Gasteiger partial charge >= 0.3 is 0 Å². The lowest BCUT2D eigenvalue weighted by atomic mass is 9.98. The predicted octanol–water partition coefficient (Wildman–Crippen LogP) is 4.79. The zero-order valence-corrected chi connectivity index (χ0v) is 14.5. The molecule has 1 unspecified atom stereocenters. The van der Waals surface area contributed by atoms with Gasteiger partial charge in [-0.15, -0.1) is 0 Å². The van der Waals surface area contributed by atoms with Crippen LogP contribution in [0.4, 0.5) is 0 Å². The number of benzene rings is 1. The first kappa shape index (κ1) is 18.0. The standard InChI is InChI=1S/C19H33NO/c1-6-8-18(20)10-7-9-17-12-15(4)11-16(5)19(17)21-13-14(2)3/h11-12,14,18H,6-10,13,20H2,1-5H3. The molecule has 0 fully saturated rings. The van der Waals surface area contributed by atoms with Crippen LogP contribution in [-0.2, 0) is 6.42 Å². The minimum absolute atomic E-state index is 0.348. The van der Waals surface area contributed by atoms with Crippen molar-refractivity contribution in [3.05, 3.63) is 28.8 Å². The second-order valence-electron chi connectivity index (χ2n) is 6.72. The van der Waals surface area contributed by atoms with Crippen LogP contribution in [0.1, 0.15) is 63.1 Å². The van der Waals surface area contributed by atoms with Crippen molar-refractivity contribution in [1.29, 1.82) is 0 Å². The molecule has 1 rings (SSSR count). The Bertz CT molecular complexity index is 426. The van der Waals surface area contributed by atoms with Crippen LogP contribution in [0.25, 0.3) is 0 Å². The maximum atomic E-state index is 6.11. The van der Waals surface area contributed by atoms with Gasteiger partial charge in [0.15, 0.2) is 0 Å². The molecule has 0 saturated carbocycles. The number of nitrogens with two attached hydrogens (primary N) is 1. The van der Waals surface area contributed by atoms with Gasteiger partial charge in [-0.3, -0.25) is 0 Å². The average molecular weight is 291 g/mol. The smallest absolute Gasteiger partial charge is 0.125 e. The molecule has 1 aromatic carbocycles. The molecular weight excluding hydrogens is 258 g/mol. The third-order valence-electron chi connectivity index (χ3n) is 3.74. The van der Waals surface area contributed by atoms with Gasteiger partial charge in [0.25, 0.3) is 0 Å². The van der Waals surface area contributed by atoms with Crippen LogP contribution < -0.4 is 10.5 Å². The molecule has 120 valence electrons. The van der Waals surface area contributed by atoms with Gasteiger partial charge in [0, 0.05) is 6.04 Å². The van der Waals surface area contributed by atoms with Crippen LogP contribution in [0.3, 0.4) is 0 Å². The third kappa shape index (κ3) is 6.52. The lowest BCUT2D eigenvalue weighted by Gasteiger charge is -2.17. The summed E-state index contributed by atoms with van der Waals surface area (Å²) in [6.45, 7) is 11.7. The summed E-state index contributed by atoms with van der Waals surface area (Å²) >= 11 is 0. The molecule has 0 amide bonds. The van der Waals surface area contributed by atoms with Crippen molar-refractivity contribution in [2.45, 2.75) is 72.8 Å². The molecule has 0 bridgehead atoms. The van der Waals surface area contributed by atoms with Crippen LogP contribution in [0, 0.1) is 19.8 Å². The maximum absolute atomic E-state index is 6.11. The molecule has 2 nitrogen and oxygen atoms in total. The van der Waals surface area contributed by atoms with Crippen LogP contribution in [-0.4, -0.2) is 12.6 Å². The summed E-state index contributed by atoms with van der Waals surface area (Å²) in [5, 5.41) is 0. The third-order valence-corrected chi connectivity index (χ3v) is 3.74. The first-order valence-electron chi connectivity index (χ1n) is 8.42. The largest absolute Gasteiger partial charge is 0.493 e. The van der Waals surface area contributed by atoms with E-state index in [0.717, 1.165) is 38.0 Å². The molecule has 0 aliphatic carbocycles. The minimum atomic E-state index is 0.348. The molecule has 21 heavy (non-hydrogen) atoms. The summed E-state index contributed by atoms with van der Waals surface area (Å²) in [5.41, 5.74) is 10.0. The second-order valence-corrected chi connectivity index (χ2v) is 6.72. The summed E-state index contributed by atoms with van der Waals surface area (Å²) in [4.78, 5) is 0. The van der Waals surface area contributed by atoms with E-state index in [1.54, 1.807) is 0 Å². The van der Waals surface area contributed by atoms with Gasteiger partial charge in [-0.1, -0.05) is 44.9 Å². The molecule has 0 aliphatic heterocycles. The van der Waals surface area contributed by atoms with Crippen LogP contribution in [0.2, 0.25) is 0 Å². The van der Waals surface area contributed by atoms with E-state index in [2.05, 4.69) is 46.8 Å². The molecule has 0 spiro atoms. The van der Waals surface area contributed by atoms with Gasteiger partial charge in [0.1, 0.15) is 5.75 Å². The Labute approximate surface area is 131 Å². The summed E-state index contributed by atoms with van der Waals surface area (Å²) in [7, 11) is 0. The van der Waals surface area contributed by atoms with Crippen LogP contribution in [0.15, 0.2) is 12.1 Å². The van der Waals surface area contributed by atoms with Crippen molar-refractivity contribution in [3.8, 4) is 5.75 Å². The maximum Gasteiger partial charge on any atom is 0.125 e. The summed E-state index contributed by atoms with van der Waals surface area (Å²) in [5.74, 6) is 1.65. The second kappa shape index (κ2) is 9.09. The highest BCUT2D eigenvalue weighted by Crippen LogP contribution is 2.27. The van der Waals surface area contributed by atoms with Crippen molar-refractivity contribution in [2.24, 2.45) is 11.7 Å². The number of ether oxygens (including phenoxy) is 1. The minimum Gasteiger partial charge on any atom is -0.493 e. The zero-order chi connectivity index (χ0) is 15.8. The summed E-state index contributed by atoms with van der Waals surface area (Å²) in [6, 6.07) is 4.83. The molecule has 1 aromatic rings.